The van der Waals surface area contributed by atoms with Gasteiger partial charge in [0.2, 0.25) is 0 Å². The van der Waals surface area contributed by atoms with Crippen LogP contribution < -0.4 is 0 Å². The van der Waals surface area contributed by atoms with Crippen molar-refractivity contribution < 1.29 is 24.2 Å². The quantitative estimate of drug-likeness (QED) is 0.425. The minimum absolute atomic E-state index is 0.264. The number of esters is 1. The van der Waals surface area contributed by atoms with Crippen LogP contribution in [0.3, 0.4) is 0 Å². The molecular formula is C18H30O5S. The van der Waals surface area contributed by atoms with Crippen molar-refractivity contribution in [1.82, 2.24) is 0 Å². The Hall–Kier alpha value is -0.750. The molecule has 2 heterocycles. The van der Waals surface area contributed by atoms with Gasteiger partial charge in [0.05, 0.1) is 24.0 Å². The Labute approximate surface area is 148 Å². The van der Waals surface area contributed by atoms with Crippen LogP contribution >= 0.6 is 11.8 Å². The lowest BCUT2D eigenvalue weighted by Crippen LogP contribution is -2.39. The summed E-state index contributed by atoms with van der Waals surface area (Å²) < 4.78 is 10.9. The second-order valence-electron chi connectivity index (χ2n) is 6.73. The Balaban J connectivity index is 1.54. The zero-order valence-corrected chi connectivity index (χ0v) is 15.4. The van der Waals surface area contributed by atoms with Crippen LogP contribution in [0.2, 0.25) is 0 Å². The molecule has 138 valence electrons. The molecule has 0 amide bonds. The number of ether oxygens (including phenoxy) is 2. The molecule has 2 saturated heterocycles. The number of unbranched alkanes of at least 4 members (excludes halogenated alkanes) is 5. The van der Waals surface area contributed by atoms with Gasteiger partial charge in [-0.1, -0.05) is 39.0 Å². The Kier molecular flexibility index (Phi) is 8.39. The predicted octanol–water partition coefficient (Wildman–Crippen LogP) is 3.50. The molecule has 6 heteroatoms. The van der Waals surface area contributed by atoms with Crippen molar-refractivity contribution >= 4 is 23.7 Å². The highest BCUT2D eigenvalue weighted by Gasteiger charge is 2.56. The molecule has 0 radical (unpaired) electrons. The molecule has 1 N–H and O–H groups in total. The van der Waals surface area contributed by atoms with E-state index in [-0.39, 0.29) is 12.2 Å². The summed E-state index contributed by atoms with van der Waals surface area (Å²) in [7, 11) is 0. The van der Waals surface area contributed by atoms with Gasteiger partial charge in [0.25, 0.3) is 0 Å². The highest BCUT2D eigenvalue weighted by molar-refractivity contribution is 7.99. The number of carbonyl (C=O) groups excluding carboxylic acids is 1. The van der Waals surface area contributed by atoms with Crippen molar-refractivity contribution in [1.29, 1.82) is 0 Å². The molecule has 0 unspecified atom stereocenters. The lowest BCUT2D eigenvalue weighted by Gasteiger charge is -2.23. The second kappa shape index (κ2) is 10.3. The lowest BCUT2D eigenvalue weighted by molar-refractivity contribution is -0.157. The molecule has 0 aromatic heterocycles. The largest absolute Gasteiger partial charge is 0.481 e. The van der Waals surface area contributed by atoms with Crippen molar-refractivity contribution in [3.05, 3.63) is 0 Å². The molecule has 0 aromatic carbocycles. The van der Waals surface area contributed by atoms with Crippen molar-refractivity contribution in [2.45, 2.75) is 70.5 Å². The number of aliphatic carboxylic acids is 1. The molecule has 2 fully saturated rings. The van der Waals surface area contributed by atoms with E-state index in [0.717, 1.165) is 24.3 Å². The molecule has 0 spiro atoms. The van der Waals surface area contributed by atoms with E-state index in [4.69, 9.17) is 9.47 Å². The van der Waals surface area contributed by atoms with Gasteiger partial charge in [-0.2, -0.15) is 11.8 Å². The van der Waals surface area contributed by atoms with Crippen molar-refractivity contribution in [2.24, 2.45) is 11.8 Å². The van der Waals surface area contributed by atoms with Gasteiger partial charge in [0, 0.05) is 5.75 Å². The van der Waals surface area contributed by atoms with Crippen LogP contribution in [0.5, 0.6) is 0 Å². The normalized spacial score (nSPS) is 28.2. The van der Waals surface area contributed by atoms with Crippen LogP contribution in [0.1, 0.15) is 58.3 Å². The van der Waals surface area contributed by atoms with Gasteiger partial charge in [-0.15, -0.1) is 0 Å². The predicted molar refractivity (Wildman–Crippen MR) is 94.2 cm³/mol. The average Bonchev–Trinajstić information content (AvgIpc) is 3.17. The van der Waals surface area contributed by atoms with Crippen LogP contribution in [-0.4, -0.2) is 47.4 Å². The molecule has 2 bridgehead atoms. The van der Waals surface area contributed by atoms with Gasteiger partial charge < -0.3 is 14.6 Å². The zero-order chi connectivity index (χ0) is 17.4. The number of carbonyl (C=O) groups is 2. The molecule has 2 rings (SSSR count). The SMILES string of the molecule is CCCCCCCCSCCOC(=O)[C@@H]1[C@@H](C(=O)O)[C@@H]2CC[C@@H]1O2. The first-order valence-electron chi connectivity index (χ1n) is 9.27. The van der Waals surface area contributed by atoms with E-state index in [2.05, 4.69) is 6.92 Å². The molecule has 24 heavy (non-hydrogen) atoms. The maximum atomic E-state index is 12.2. The number of rotatable bonds is 12. The number of hydrogen-bond donors (Lipinski definition) is 1. The fourth-order valence-electron chi connectivity index (χ4n) is 3.67. The Morgan fingerprint density at radius 3 is 2.42 bits per heavy atom. The number of carboxylic acid groups (broad SMARTS) is 1. The van der Waals surface area contributed by atoms with Gasteiger partial charge in [-0.25, -0.2) is 0 Å². The maximum absolute atomic E-state index is 12.2. The fourth-order valence-corrected chi connectivity index (χ4v) is 4.49. The first kappa shape index (κ1) is 19.6. The highest BCUT2D eigenvalue weighted by Crippen LogP contribution is 2.44. The number of fused-ring (bicyclic) bond motifs is 2. The monoisotopic (exact) mass is 358 g/mol. The van der Waals surface area contributed by atoms with E-state index in [9.17, 15) is 14.7 Å². The molecule has 0 aromatic rings. The minimum atomic E-state index is -0.943. The van der Waals surface area contributed by atoms with E-state index in [1.807, 2.05) is 0 Å². The molecule has 5 nitrogen and oxygen atoms in total. The Morgan fingerprint density at radius 1 is 1.04 bits per heavy atom. The molecule has 2 aliphatic heterocycles. The summed E-state index contributed by atoms with van der Waals surface area (Å²) in [5.41, 5.74) is 0. The van der Waals surface area contributed by atoms with Crippen molar-refractivity contribution in [3.63, 3.8) is 0 Å². The summed E-state index contributed by atoms with van der Waals surface area (Å²) in [5, 5.41) is 9.31. The summed E-state index contributed by atoms with van der Waals surface area (Å²) in [4.78, 5) is 23.6. The van der Waals surface area contributed by atoms with E-state index >= 15 is 0 Å². The molecule has 2 aliphatic rings. The van der Waals surface area contributed by atoms with Crippen LogP contribution in [0, 0.1) is 11.8 Å². The average molecular weight is 359 g/mol. The third kappa shape index (κ3) is 5.38. The second-order valence-corrected chi connectivity index (χ2v) is 7.95. The van der Waals surface area contributed by atoms with Crippen LogP contribution in [0.4, 0.5) is 0 Å². The van der Waals surface area contributed by atoms with E-state index in [0.29, 0.717) is 6.61 Å². The van der Waals surface area contributed by atoms with Gasteiger partial charge in [0.15, 0.2) is 0 Å². The fraction of sp³-hybridized carbons (Fsp3) is 0.889. The summed E-state index contributed by atoms with van der Waals surface area (Å²) in [6.07, 6.45) is 8.65. The molecule has 4 atom stereocenters. The van der Waals surface area contributed by atoms with Gasteiger partial charge in [-0.3, -0.25) is 9.59 Å². The van der Waals surface area contributed by atoms with Crippen LogP contribution in [0.25, 0.3) is 0 Å². The number of hydrogen-bond acceptors (Lipinski definition) is 5. The summed E-state index contributed by atoms with van der Waals surface area (Å²) in [6.45, 7) is 2.58. The van der Waals surface area contributed by atoms with Crippen LogP contribution in [-0.2, 0) is 19.1 Å². The minimum Gasteiger partial charge on any atom is -0.481 e. The van der Waals surface area contributed by atoms with Gasteiger partial charge in [-0.05, 0) is 25.0 Å². The maximum Gasteiger partial charge on any atom is 0.312 e. The lowest BCUT2D eigenvalue weighted by atomic mass is 9.79. The highest BCUT2D eigenvalue weighted by atomic mass is 32.2. The third-order valence-electron chi connectivity index (χ3n) is 4.94. The Morgan fingerprint density at radius 2 is 1.71 bits per heavy atom. The first-order valence-corrected chi connectivity index (χ1v) is 10.4. The van der Waals surface area contributed by atoms with E-state index in [1.165, 1.54) is 38.5 Å². The van der Waals surface area contributed by atoms with Crippen molar-refractivity contribution in [2.75, 3.05) is 18.1 Å². The van der Waals surface area contributed by atoms with E-state index in [1.54, 1.807) is 11.8 Å². The third-order valence-corrected chi connectivity index (χ3v) is 5.98. The zero-order valence-electron chi connectivity index (χ0n) is 14.6. The number of thioether (sulfide) groups is 1. The number of carboxylic acids is 1. The standard InChI is InChI=1S/C18H30O5S/c1-2-3-4-5-6-7-11-24-12-10-22-18(21)16-14-9-8-13(23-14)15(16)17(19)20/h13-16H,2-12H2,1H3,(H,19,20)/t13-,14-,15-,16-/m0/s1. The first-order chi connectivity index (χ1) is 11.6. The van der Waals surface area contributed by atoms with E-state index < -0.39 is 23.8 Å². The molecular weight excluding hydrogens is 328 g/mol. The molecule has 0 saturated carbocycles. The van der Waals surface area contributed by atoms with Gasteiger partial charge in [0.1, 0.15) is 6.61 Å². The summed E-state index contributed by atoms with van der Waals surface area (Å²) in [5.74, 6) is -0.813. The summed E-state index contributed by atoms with van der Waals surface area (Å²) in [6, 6.07) is 0. The molecule has 0 aliphatic carbocycles. The topological polar surface area (TPSA) is 72.8 Å². The summed E-state index contributed by atoms with van der Waals surface area (Å²) >= 11 is 1.80. The Bertz CT molecular complexity index is 414. The van der Waals surface area contributed by atoms with Gasteiger partial charge >= 0.3 is 11.9 Å². The smallest absolute Gasteiger partial charge is 0.312 e. The van der Waals surface area contributed by atoms with Crippen LogP contribution in [0.15, 0.2) is 0 Å². The van der Waals surface area contributed by atoms with Crippen molar-refractivity contribution in [3.8, 4) is 0 Å².